The second kappa shape index (κ2) is 40.6. The number of aliphatic carboxylic acids is 2. The molecule has 24 heteroatoms. The average molecular weight is 1380 g/mol. The van der Waals surface area contributed by atoms with E-state index >= 15 is 0 Å². The lowest BCUT2D eigenvalue weighted by atomic mass is 9.80. The van der Waals surface area contributed by atoms with Gasteiger partial charge in [0, 0.05) is 117 Å². The van der Waals surface area contributed by atoms with Crippen LogP contribution in [0, 0.1) is 52.8 Å². The van der Waals surface area contributed by atoms with Crippen molar-refractivity contribution < 1.29 is 82.0 Å². The Morgan fingerprint density at radius 2 is 1.37 bits per heavy atom. The number of hydrogen-bond donors (Lipinski definition) is 4. The van der Waals surface area contributed by atoms with Gasteiger partial charge in [-0.2, -0.15) is 0 Å². The van der Waals surface area contributed by atoms with Gasteiger partial charge in [-0.15, -0.1) is 0 Å². The van der Waals surface area contributed by atoms with Gasteiger partial charge < -0.3 is 49.8 Å². The summed E-state index contributed by atoms with van der Waals surface area (Å²) in [5.41, 5.74) is -0.297. The van der Waals surface area contributed by atoms with Gasteiger partial charge in [-0.3, -0.25) is 57.7 Å². The molecule has 1 aromatic rings. The summed E-state index contributed by atoms with van der Waals surface area (Å²) in [6, 6.07) is 5.95. The van der Waals surface area contributed by atoms with Gasteiger partial charge in [0.05, 0.1) is 42.7 Å². The molecular weight excluding hydrogens is 1260 g/mol. The van der Waals surface area contributed by atoms with Crippen LogP contribution in [-0.2, 0) is 73.4 Å². The molecule has 0 bridgehead atoms. The Labute approximate surface area is 583 Å². The number of methoxy groups -OCH3 is 2. The van der Waals surface area contributed by atoms with Crippen LogP contribution in [0.1, 0.15) is 198 Å². The molecular formula is C74H121N7O17. The van der Waals surface area contributed by atoms with E-state index < -0.39 is 125 Å². The van der Waals surface area contributed by atoms with E-state index in [0.717, 1.165) is 16.9 Å². The fourth-order valence-corrected chi connectivity index (χ4v) is 13.8. The van der Waals surface area contributed by atoms with Crippen molar-refractivity contribution in [3.05, 3.63) is 35.9 Å². The van der Waals surface area contributed by atoms with Gasteiger partial charge in [-0.1, -0.05) is 106 Å². The van der Waals surface area contributed by atoms with E-state index in [1.54, 1.807) is 66.1 Å². The van der Waals surface area contributed by atoms with Gasteiger partial charge in [-0.25, -0.2) is 9.59 Å². The number of likely N-dealkylation sites (N-methyl/N-ethyl adjacent to an activating group) is 2. The van der Waals surface area contributed by atoms with E-state index in [1.165, 1.54) is 14.2 Å². The molecule has 3 rings (SSSR count). The number of rotatable bonds is 44. The summed E-state index contributed by atoms with van der Waals surface area (Å²) >= 11 is 0. The number of carbonyl (C=O) groups excluding carboxylic acids is 10. The number of carboxylic acid groups (broad SMARTS) is 2. The van der Waals surface area contributed by atoms with E-state index in [1.807, 2.05) is 95.0 Å². The maximum Gasteiger partial charge on any atom is 0.410 e. The topological polar surface area (TPSA) is 313 Å². The van der Waals surface area contributed by atoms with E-state index in [0.29, 0.717) is 51.7 Å². The normalized spacial score (nSPS) is 18.3. The molecule has 0 aliphatic carbocycles. The van der Waals surface area contributed by atoms with E-state index in [2.05, 4.69) is 10.6 Å². The maximum absolute atomic E-state index is 14.9. The number of benzene rings is 1. The number of Topliss-reactive ketones (excluding diaryl/α,β-unsaturated/α-hetero) is 3. The Kier molecular flexibility index (Phi) is 35.4. The molecule has 2 aliphatic rings. The molecule has 4 N–H and O–H groups in total. The van der Waals surface area contributed by atoms with Crippen LogP contribution in [0.3, 0.4) is 0 Å². The third-order valence-electron chi connectivity index (χ3n) is 19.8. The Morgan fingerprint density at radius 3 is 1.92 bits per heavy atom. The van der Waals surface area contributed by atoms with Gasteiger partial charge in [-0.05, 0) is 121 Å². The summed E-state index contributed by atoms with van der Waals surface area (Å²) in [5, 5.41) is 25.2. The van der Waals surface area contributed by atoms with Crippen LogP contribution in [0.25, 0.3) is 0 Å². The number of nitrogens with zero attached hydrogens (tertiary/aromatic N) is 5. The molecule has 12 atom stereocenters. The van der Waals surface area contributed by atoms with Gasteiger partial charge >= 0.3 is 18.0 Å². The number of likely N-dealkylation sites (tertiary alicyclic amines) is 2. The van der Waals surface area contributed by atoms with Crippen LogP contribution in [0.15, 0.2) is 30.3 Å². The second-order valence-electron chi connectivity index (χ2n) is 30.2. The van der Waals surface area contributed by atoms with Gasteiger partial charge in [0.15, 0.2) is 5.78 Å². The van der Waals surface area contributed by atoms with Crippen LogP contribution in [-0.4, -0.2) is 216 Å². The molecule has 2 heterocycles. The molecule has 2 saturated heterocycles. The van der Waals surface area contributed by atoms with Crippen LogP contribution in [0.2, 0.25) is 0 Å². The van der Waals surface area contributed by atoms with Crippen molar-refractivity contribution >= 4 is 70.8 Å². The Bertz CT molecular complexity index is 2820. The first kappa shape index (κ1) is 85.6. The third kappa shape index (κ3) is 26.8. The summed E-state index contributed by atoms with van der Waals surface area (Å²) in [6.07, 6.45) is 0.0584. The smallest absolute Gasteiger partial charge is 0.410 e. The summed E-state index contributed by atoms with van der Waals surface area (Å²) in [6.45, 7) is 26.2. The molecule has 7 amide bonds. The number of carbonyl (C=O) groups is 12. The number of imide groups is 1. The van der Waals surface area contributed by atoms with Crippen LogP contribution in [0.4, 0.5) is 4.79 Å². The van der Waals surface area contributed by atoms with Crippen molar-refractivity contribution in [1.82, 2.24) is 35.1 Å². The first-order valence-electron chi connectivity index (χ1n) is 35.5. The minimum atomic E-state index is -1.43. The molecule has 2 fully saturated rings. The lowest BCUT2D eigenvalue weighted by Gasteiger charge is -2.41. The van der Waals surface area contributed by atoms with Crippen LogP contribution in [0.5, 0.6) is 0 Å². The second-order valence-corrected chi connectivity index (χ2v) is 30.2. The van der Waals surface area contributed by atoms with Crippen molar-refractivity contribution in [2.45, 2.75) is 241 Å². The summed E-state index contributed by atoms with van der Waals surface area (Å²) in [4.78, 5) is 171. The van der Waals surface area contributed by atoms with Crippen molar-refractivity contribution in [2.24, 2.45) is 52.8 Å². The predicted molar refractivity (Wildman–Crippen MR) is 372 cm³/mol. The molecule has 1 aromatic carbocycles. The number of unbranched alkanes of at least 4 members (excludes halogenated alkanes) is 2. The average Bonchev–Trinajstić information content (AvgIpc) is 1.54. The zero-order valence-corrected chi connectivity index (χ0v) is 62.3. The number of ether oxygens (including phenoxy) is 3. The lowest BCUT2D eigenvalue weighted by Crippen LogP contribution is -2.54. The van der Waals surface area contributed by atoms with Crippen molar-refractivity contribution in [3.63, 3.8) is 0 Å². The monoisotopic (exact) mass is 1380 g/mol. The highest BCUT2D eigenvalue weighted by molar-refractivity contribution is 6.04. The summed E-state index contributed by atoms with van der Waals surface area (Å²) in [5.74, 6) is -10.5. The number of hydrogen-bond acceptors (Lipinski definition) is 16. The minimum absolute atomic E-state index is 0.0111. The lowest BCUT2D eigenvalue weighted by molar-refractivity contribution is -0.149. The number of nitrogens with one attached hydrogen (secondary N) is 2. The summed E-state index contributed by atoms with van der Waals surface area (Å²) < 4.78 is 17.8. The van der Waals surface area contributed by atoms with E-state index in [4.69, 9.17) is 14.2 Å². The fraction of sp³-hybridized carbons (Fsp3) is 0.757. The predicted octanol–water partition coefficient (Wildman–Crippen LogP) is 8.67. The Balaban J connectivity index is 1.76. The van der Waals surface area contributed by atoms with Crippen LogP contribution >= 0.6 is 0 Å². The van der Waals surface area contributed by atoms with E-state index in [-0.39, 0.29) is 124 Å². The molecule has 0 spiro atoms. The molecule has 0 saturated carbocycles. The summed E-state index contributed by atoms with van der Waals surface area (Å²) in [7, 11) is 8.32. The molecule has 2 aliphatic heterocycles. The van der Waals surface area contributed by atoms with Crippen molar-refractivity contribution in [3.8, 4) is 0 Å². The SMILES string of the molecule is CC[C@H](C)[C@@H]([C@@H](CC(=O)N1CCC[C@H]1[C@H](OC)[C@@H](C)C(=O)C[C@H](Cc1ccccc1)C(=O)C[C@@H](CCC(=O)O)C(=O)N[C@@H](CCCCNC(=O)CCN1C(=O)CC(C(C)(C)C)C1=O)C(=O)O)OC)N(C)C(=O)[C@@H](CC(=O)[C@H](C(C)C)N(C)CCCCN(C)C(=O)OC(C)(C)C)C(C)C. The van der Waals surface area contributed by atoms with Crippen LogP contribution < -0.4 is 10.6 Å². The highest BCUT2D eigenvalue weighted by Crippen LogP contribution is 2.36. The molecule has 24 nitrogen and oxygen atoms in total. The maximum atomic E-state index is 14.9. The largest absolute Gasteiger partial charge is 0.481 e. The molecule has 1 unspecified atom stereocenters. The number of amides is 7. The van der Waals surface area contributed by atoms with Gasteiger partial charge in [0.1, 0.15) is 23.2 Å². The van der Waals surface area contributed by atoms with Gasteiger partial charge in [0.2, 0.25) is 35.4 Å². The number of carboxylic acids is 2. The molecule has 0 radical (unpaired) electrons. The minimum Gasteiger partial charge on any atom is -0.481 e. The van der Waals surface area contributed by atoms with Crippen molar-refractivity contribution in [1.29, 1.82) is 0 Å². The molecule has 98 heavy (non-hydrogen) atoms. The van der Waals surface area contributed by atoms with Gasteiger partial charge in [0.25, 0.3) is 0 Å². The third-order valence-corrected chi connectivity index (χ3v) is 19.8. The fourth-order valence-electron chi connectivity index (χ4n) is 13.8. The zero-order chi connectivity index (χ0) is 74.1. The Hall–Kier alpha value is -6.66. The highest BCUT2D eigenvalue weighted by atomic mass is 16.6. The standard InChI is InChI=1S/C74H121N7O17/c1-19-48(6)66(79(16)69(91)53(46(2)3)43-59(84)65(47(4)5)77(14)36-25-26-37-78(15)72(95)98-74(11,12)13)60(96-17)45-63(87)80-38-27-31-56(80)67(97-18)49(7)57(82)42-52(40-50-28-21-20-22-29-50)58(83)41-51(32-33-64(88)89)68(90)76-55(71(93)94)30-23-24-35-75-61(85)34-39-81-62(86)44-54(70(81)92)73(8,9)10/h20-22,28-29,46-49,51-56,60,65-67H,19,23-27,30-45H2,1-18H3,(H,75,85)(H,76,90)(H,88,89)(H,93,94)/t48-,49-,51+,52-,53-,54?,55-,56-,60+,65-,66-,67+/m0/s1. The Morgan fingerprint density at radius 1 is 0.735 bits per heavy atom. The molecule has 0 aromatic heterocycles. The number of ketones is 3. The first-order valence-corrected chi connectivity index (χ1v) is 35.5. The van der Waals surface area contributed by atoms with E-state index in [9.17, 15) is 67.7 Å². The molecule has 554 valence electrons. The zero-order valence-electron chi connectivity index (χ0n) is 62.3. The first-order chi connectivity index (χ1) is 45.8. The quantitative estimate of drug-likeness (QED) is 0.0351. The highest BCUT2D eigenvalue weighted by Gasteiger charge is 2.46. The van der Waals surface area contributed by atoms with Crippen molar-refractivity contribution in [2.75, 3.05) is 68.1 Å².